The number of hydrogen-bond acceptors (Lipinski definition) is 3. The van der Waals surface area contributed by atoms with Crippen LogP contribution in [-0.4, -0.2) is 41.1 Å². The Bertz CT molecular complexity index is 159. The molecule has 2 nitrogen and oxygen atoms in total. The lowest BCUT2D eigenvalue weighted by molar-refractivity contribution is 0.221. The van der Waals surface area contributed by atoms with E-state index < -0.39 is 0 Å². The summed E-state index contributed by atoms with van der Waals surface area (Å²) in [5, 5.41) is 0.779. The molecule has 13 heavy (non-hydrogen) atoms. The molecule has 1 saturated heterocycles. The summed E-state index contributed by atoms with van der Waals surface area (Å²) in [5.41, 5.74) is 6.15. The third-order valence-electron chi connectivity index (χ3n) is 2.72. The molecule has 0 aromatic heterocycles. The van der Waals surface area contributed by atoms with Crippen LogP contribution in [0.3, 0.4) is 0 Å². The summed E-state index contributed by atoms with van der Waals surface area (Å²) in [6, 6.07) is 0. The van der Waals surface area contributed by atoms with E-state index in [1.54, 1.807) is 0 Å². The number of thioether (sulfide) groups is 1. The second kappa shape index (κ2) is 4.67. The highest BCUT2D eigenvalue weighted by Gasteiger charge is 2.23. The molecule has 0 aromatic rings. The van der Waals surface area contributed by atoms with Crippen molar-refractivity contribution in [2.24, 2.45) is 5.73 Å². The van der Waals surface area contributed by atoms with Gasteiger partial charge >= 0.3 is 0 Å². The molecule has 0 spiro atoms. The van der Waals surface area contributed by atoms with Crippen molar-refractivity contribution in [2.75, 3.05) is 25.4 Å². The van der Waals surface area contributed by atoms with Crippen molar-refractivity contribution >= 4 is 11.8 Å². The third kappa shape index (κ3) is 3.88. The zero-order valence-corrected chi connectivity index (χ0v) is 9.86. The molecular formula is C10H22N2S. The summed E-state index contributed by atoms with van der Waals surface area (Å²) in [4.78, 5) is 2.50. The Balaban J connectivity index is 2.35. The molecule has 1 aliphatic rings. The predicted octanol–water partition coefficient (Wildman–Crippen LogP) is 1.55. The van der Waals surface area contributed by atoms with Gasteiger partial charge in [0.05, 0.1) is 0 Å². The number of nitrogens with zero attached hydrogens (tertiary/aromatic N) is 1. The van der Waals surface area contributed by atoms with Crippen LogP contribution in [0.5, 0.6) is 0 Å². The molecule has 2 N–H and O–H groups in total. The van der Waals surface area contributed by atoms with Gasteiger partial charge in [0.1, 0.15) is 0 Å². The minimum absolute atomic E-state index is 0.00171. The lowest BCUT2D eigenvalue weighted by Crippen LogP contribution is -2.50. The summed E-state index contributed by atoms with van der Waals surface area (Å²) < 4.78 is 0. The molecule has 0 aliphatic carbocycles. The van der Waals surface area contributed by atoms with Crippen LogP contribution in [0, 0.1) is 0 Å². The highest BCUT2D eigenvalue weighted by Crippen LogP contribution is 2.19. The van der Waals surface area contributed by atoms with E-state index in [2.05, 4.69) is 37.4 Å². The average molecular weight is 202 g/mol. The Morgan fingerprint density at radius 1 is 1.62 bits per heavy atom. The Morgan fingerprint density at radius 2 is 2.31 bits per heavy atom. The molecule has 1 aliphatic heterocycles. The lowest BCUT2D eigenvalue weighted by atomic mass is 10.00. The zero-order chi connectivity index (χ0) is 9.90. The van der Waals surface area contributed by atoms with Crippen LogP contribution in [0.4, 0.5) is 0 Å². The Kier molecular flexibility index (Phi) is 4.07. The van der Waals surface area contributed by atoms with Crippen molar-refractivity contribution < 1.29 is 0 Å². The van der Waals surface area contributed by atoms with Gasteiger partial charge in [0.15, 0.2) is 0 Å². The molecule has 0 aromatic carbocycles. The van der Waals surface area contributed by atoms with E-state index in [9.17, 15) is 0 Å². The average Bonchev–Trinajstić information content (AvgIpc) is 2.03. The van der Waals surface area contributed by atoms with Gasteiger partial charge in [0, 0.05) is 36.2 Å². The second-order valence-electron chi connectivity index (χ2n) is 4.42. The van der Waals surface area contributed by atoms with Gasteiger partial charge in [-0.1, -0.05) is 13.8 Å². The topological polar surface area (TPSA) is 29.3 Å². The lowest BCUT2D eigenvalue weighted by Gasteiger charge is -2.36. The fourth-order valence-corrected chi connectivity index (χ4v) is 2.74. The van der Waals surface area contributed by atoms with Gasteiger partial charge in [-0.15, -0.1) is 0 Å². The van der Waals surface area contributed by atoms with Crippen molar-refractivity contribution in [2.45, 2.75) is 38.0 Å². The van der Waals surface area contributed by atoms with Crippen LogP contribution >= 0.6 is 11.8 Å². The van der Waals surface area contributed by atoms with Gasteiger partial charge < -0.3 is 5.73 Å². The van der Waals surface area contributed by atoms with E-state index in [-0.39, 0.29) is 5.54 Å². The summed E-state index contributed by atoms with van der Waals surface area (Å²) in [6.07, 6.45) is 1.06. The minimum Gasteiger partial charge on any atom is -0.324 e. The van der Waals surface area contributed by atoms with E-state index in [1.165, 1.54) is 18.8 Å². The third-order valence-corrected chi connectivity index (χ3v) is 3.85. The second-order valence-corrected chi connectivity index (χ2v) is 5.97. The largest absolute Gasteiger partial charge is 0.324 e. The smallest absolute Gasteiger partial charge is 0.0252 e. The number of hydrogen-bond donors (Lipinski definition) is 1. The van der Waals surface area contributed by atoms with Crippen LogP contribution in [0.15, 0.2) is 0 Å². The Morgan fingerprint density at radius 3 is 2.85 bits per heavy atom. The van der Waals surface area contributed by atoms with Crippen LogP contribution in [-0.2, 0) is 0 Å². The Labute approximate surface area is 86.2 Å². The molecule has 0 radical (unpaired) electrons. The van der Waals surface area contributed by atoms with Crippen LogP contribution in [0.25, 0.3) is 0 Å². The SMILES string of the molecule is CCC(C)(N)CN1CCSC(C)C1. The molecule has 2 atom stereocenters. The fourth-order valence-electron chi connectivity index (χ4n) is 1.66. The fraction of sp³-hybridized carbons (Fsp3) is 1.00. The number of nitrogens with two attached hydrogens (primary N) is 1. The molecule has 1 heterocycles. The first-order valence-electron chi connectivity index (χ1n) is 5.16. The molecule has 1 fully saturated rings. The molecule has 3 heteroatoms. The van der Waals surface area contributed by atoms with Crippen molar-refractivity contribution in [1.82, 2.24) is 4.90 Å². The molecule has 0 amide bonds. The minimum atomic E-state index is 0.00171. The summed E-state index contributed by atoms with van der Waals surface area (Å²) in [6.45, 7) is 10.1. The highest BCUT2D eigenvalue weighted by molar-refractivity contribution is 7.99. The predicted molar refractivity (Wildman–Crippen MR) is 61.2 cm³/mol. The van der Waals surface area contributed by atoms with Crippen molar-refractivity contribution in [1.29, 1.82) is 0 Å². The Hall–Kier alpha value is 0.270. The summed E-state index contributed by atoms with van der Waals surface area (Å²) in [5.74, 6) is 1.26. The van der Waals surface area contributed by atoms with Crippen molar-refractivity contribution in [3.8, 4) is 0 Å². The van der Waals surface area contributed by atoms with Crippen molar-refractivity contribution in [3.63, 3.8) is 0 Å². The maximum Gasteiger partial charge on any atom is 0.0252 e. The van der Waals surface area contributed by atoms with Crippen LogP contribution in [0.2, 0.25) is 0 Å². The summed E-state index contributed by atoms with van der Waals surface area (Å²) >= 11 is 2.07. The highest BCUT2D eigenvalue weighted by atomic mass is 32.2. The molecular weight excluding hydrogens is 180 g/mol. The first-order valence-corrected chi connectivity index (χ1v) is 6.21. The van der Waals surface area contributed by atoms with Gasteiger partial charge in [-0.2, -0.15) is 11.8 Å². The maximum absolute atomic E-state index is 6.14. The molecule has 1 rings (SSSR count). The zero-order valence-electron chi connectivity index (χ0n) is 9.05. The quantitative estimate of drug-likeness (QED) is 0.753. The number of rotatable bonds is 3. The first kappa shape index (κ1) is 11.3. The van der Waals surface area contributed by atoms with Crippen LogP contribution < -0.4 is 5.73 Å². The van der Waals surface area contributed by atoms with E-state index in [0.717, 1.165) is 18.2 Å². The van der Waals surface area contributed by atoms with E-state index in [4.69, 9.17) is 5.73 Å². The van der Waals surface area contributed by atoms with E-state index in [0.29, 0.717) is 0 Å². The maximum atomic E-state index is 6.14. The first-order chi connectivity index (χ1) is 6.03. The van der Waals surface area contributed by atoms with Gasteiger partial charge in [-0.25, -0.2) is 0 Å². The normalized spacial score (nSPS) is 30.0. The standard InChI is InChI=1S/C10H22N2S/c1-4-10(3,11)8-12-5-6-13-9(2)7-12/h9H,4-8,11H2,1-3H3. The molecule has 78 valence electrons. The van der Waals surface area contributed by atoms with Gasteiger partial charge in [0.25, 0.3) is 0 Å². The van der Waals surface area contributed by atoms with Crippen LogP contribution in [0.1, 0.15) is 27.2 Å². The van der Waals surface area contributed by atoms with E-state index in [1.807, 2.05) is 0 Å². The van der Waals surface area contributed by atoms with Gasteiger partial charge in [-0.3, -0.25) is 4.90 Å². The summed E-state index contributed by atoms with van der Waals surface area (Å²) in [7, 11) is 0. The van der Waals surface area contributed by atoms with Gasteiger partial charge in [0.2, 0.25) is 0 Å². The molecule has 0 saturated carbocycles. The van der Waals surface area contributed by atoms with Gasteiger partial charge in [-0.05, 0) is 13.3 Å². The van der Waals surface area contributed by atoms with Crippen molar-refractivity contribution in [3.05, 3.63) is 0 Å². The monoisotopic (exact) mass is 202 g/mol. The van der Waals surface area contributed by atoms with E-state index >= 15 is 0 Å². The molecule has 0 bridgehead atoms. The molecule has 2 unspecified atom stereocenters.